The molecule has 4 aromatic rings. The minimum atomic E-state index is -4.59. The van der Waals surface area contributed by atoms with Crippen molar-refractivity contribution in [3.63, 3.8) is 0 Å². The van der Waals surface area contributed by atoms with Gasteiger partial charge >= 0.3 is 6.18 Å². The van der Waals surface area contributed by atoms with Crippen LogP contribution in [0.5, 0.6) is 11.5 Å². The van der Waals surface area contributed by atoms with Gasteiger partial charge in [-0.05, 0) is 42.0 Å². The first-order valence-corrected chi connectivity index (χ1v) is 10.4. The topological polar surface area (TPSA) is 84.0 Å². The second kappa shape index (κ2) is 9.18. The molecule has 0 aliphatic heterocycles. The fraction of sp³-hybridized carbons (Fsp3) is 0.125. The number of pyridine rings is 1. The van der Waals surface area contributed by atoms with Crippen LogP contribution in [0.4, 0.5) is 13.2 Å². The number of benzene rings is 2. The van der Waals surface area contributed by atoms with Crippen molar-refractivity contribution >= 4 is 17.8 Å². The molecule has 4 rings (SSSR count). The summed E-state index contributed by atoms with van der Waals surface area (Å²) in [6.45, 7) is 0.155. The zero-order valence-electron chi connectivity index (χ0n) is 17.8. The Balaban J connectivity index is 1.81. The highest BCUT2D eigenvalue weighted by atomic mass is 35.5. The minimum Gasteiger partial charge on any atom is -0.506 e. The van der Waals surface area contributed by atoms with Gasteiger partial charge in [0.25, 0.3) is 0 Å². The molecule has 0 bridgehead atoms. The normalized spacial score (nSPS) is 11.4. The number of aromatic nitrogens is 3. The van der Waals surface area contributed by atoms with Crippen LogP contribution in [0.2, 0.25) is 5.02 Å². The van der Waals surface area contributed by atoms with E-state index < -0.39 is 11.9 Å². The van der Waals surface area contributed by atoms with Crippen LogP contribution in [0.25, 0.3) is 22.4 Å². The number of hydrogen-bond donors (Lipinski definition) is 2. The number of nitrogens with one attached hydrogen (secondary N) is 1. The number of alkyl halides is 3. The van der Waals surface area contributed by atoms with Crippen LogP contribution in [-0.2, 0) is 19.8 Å². The summed E-state index contributed by atoms with van der Waals surface area (Å²) in [5.41, 5.74) is 1.06. The molecule has 0 radical (unpaired) electrons. The first-order chi connectivity index (χ1) is 16.2. The molecule has 0 aliphatic rings. The quantitative estimate of drug-likeness (QED) is 0.322. The fourth-order valence-corrected chi connectivity index (χ4v) is 3.58. The first-order valence-electron chi connectivity index (χ1n) is 9.98. The van der Waals surface area contributed by atoms with Crippen LogP contribution in [0.1, 0.15) is 16.8 Å². The van der Waals surface area contributed by atoms with Crippen LogP contribution >= 0.6 is 11.6 Å². The Bertz CT molecular complexity index is 1350. The average Bonchev–Trinajstić information content (AvgIpc) is 3.20. The van der Waals surface area contributed by atoms with Gasteiger partial charge in [0.1, 0.15) is 23.8 Å². The molecule has 2 aromatic heterocycles. The van der Waals surface area contributed by atoms with Gasteiger partial charge in [0.05, 0.1) is 11.3 Å². The highest BCUT2D eigenvalue weighted by Gasteiger charge is 2.35. The van der Waals surface area contributed by atoms with Crippen molar-refractivity contribution in [1.82, 2.24) is 14.8 Å². The van der Waals surface area contributed by atoms with E-state index in [2.05, 4.69) is 10.1 Å². The SMILES string of the molecule is Cn1nc(-c2ccc(OCc3ccc(Cl)cc3)c(-c3cncc(C=N)c3)c2O)cc1C(F)(F)F. The van der Waals surface area contributed by atoms with Crippen LogP contribution in [0.15, 0.2) is 60.9 Å². The number of hydrogen-bond acceptors (Lipinski definition) is 5. The van der Waals surface area contributed by atoms with E-state index in [4.69, 9.17) is 21.7 Å². The minimum absolute atomic E-state index is 0.0472. The van der Waals surface area contributed by atoms with E-state index in [1.807, 2.05) is 0 Å². The molecule has 0 atom stereocenters. The van der Waals surface area contributed by atoms with Crippen molar-refractivity contribution < 1.29 is 23.0 Å². The zero-order valence-corrected chi connectivity index (χ0v) is 18.5. The number of aryl methyl sites for hydroxylation is 1. The lowest BCUT2D eigenvalue weighted by atomic mass is 9.99. The Morgan fingerprint density at radius 3 is 2.50 bits per heavy atom. The van der Waals surface area contributed by atoms with E-state index in [-0.39, 0.29) is 34.9 Å². The van der Waals surface area contributed by atoms with Crippen molar-refractivity contribution in [3.8, 4) is 33.9 Å². The third-order valence-electron chi connectivity index (χ3n) is 5.11. The number of aromatic hydroxyl groups is 1. The summed E-state index contributed by atoms with van der Waals surface area (Å²) in [6, 6.07) is 12.5. The molecule has 10 heteroatoms. The predicted octanol–water partition coefficient (Wildman–Crippen LogP) is 6.10. The van der Waals surface area contributed by atoms with Crippen LogP contribution < -0.4 is 4.74 Å². The molecule has 0 fully saturated rings. The molecule has 0 saturated carbocycles. The van der Waals surface area contributed by atoms with Crippen molar-refractivity contribution in [2.24, 2.45) is 7.05 Å². The Kier molecular flexibility index (Phi) is 6.30. The fourth-order valence-electron chi connectivity index (χ4n) is 3.46. The van der Waals surface area contributed by atoms with Gasteiger partial charge in [0.15, 0.2) is 0 Å². The van der Waals surface area contributed by atoms with Crippen LogP contribution in [0, 0.1) is 5.41 Å². The smallest absolute Gasteiger partial charge is 0.433 e. The number of halogens is 4. The molecular formula is C24H18ClF3N4O2. The molecule has 0 amide bonds. The van der Waals surface area contributed by atoms with Crippen LogP contribution in [0.3, 0.4) is 0 Å². The molecule has 34 heavy (non-hydrogen) atoms. The number of rotatable bonds is 6. The highest BCUT2D eigenvalue weighted by Crippen LogP contribution is 2.45. The summed E-state index contributed by atoms with van der Waals surface area (Å²) in [6.07, 6.45) is -0.553. The number of nitrogens with zero attached hydrogens (tertiary/aromatic N) is 3. The molecular weight excluding hydrogens is 469 g/mol. The van der Waals surface area contributed by atoms with Gasteiger partial charge in [-0.2, -0.15) is 18.3 Å². The Morgan fingerprint density at radius 1 is 1.12 bits per heavy atom. The predicted molar refractivity (Wildman–Crippen MR) is 122 cm³/mol. The maximum absolute atomic E-state index is 13.3. The number of ether oxygens (including phenoxy) is 1. The maximum atomic E-state index is 13.3. The summed E-state index contributed by atoms with van der Waals surface area (Å²) in [5.74, 6) is -0.0310. The van der Waals surface area contributed by atoms with E-state index in [0.717, 1.165) is 22.5 Å². The Hall–Kier alpha value is -3.85. The summed E-state index contributed by atoms with van der Waals surface area (Å²) < 4.78 is 46.5. The molecule has 0 spiro atoms. The van der Waals surface area contributed by atoms with E-state index in [1.165, 1.54) is 25.5 Å². The van der Waals surface area contributed by atoms with Crippen molar-refractivity contribution in [2.75, 3.05) is 0 Å². The van der Waals surface area contributed by atoms with Crippen LogP contribution in [-0.4, -0.2) is 26.1 Å². The maximum Gasteiger partial charge on any atom is 0.433 e. The number of phenols is 1. The van der Waals surface area contributed by atoms with Gasteiger partial charge in [-0.15, -0.1) is 0 Å². The molecule has 2 aromatic carbocycles. The Morgan fingerprint density at radius 2 is 1.85 bits per heavy atom. The molecule has 0 saturated heterocycles. The lowest BCUT2D eigenvalue weighted by molar-refractivity contribution is -0.143. The van der Waals surface area contributed by atoms with Gasteiger partial charge in [0, 0.05) is 47.4 Å². The van der Waals surface area contributed by atoms with Crippen molar-refractivity contribution in [2.45, 2.75) is 12.8 Å². The second-order valence-corrected chi connectivity index (χ2v) is 7.87. The van der Waals surface area contributed by atoms with Gasteiger partial charge in [-0.1, -0.05) is 23.7 Å². The van der Waals surface area contributed by atoms with E-state index >= 15 is 0 Å². The summed E-state index contributed by atoms with van der Waals surface area (Å²) >= 11 is 5.92. The van der Waals surface area contributed by atoms with Gasteiger partial charge < -0.3 is 15.3 Å². The monoisotopic (exact) mass is 486 g/mol. The second-order valence-electron chi connectivity index (χ2n) is 7.44. The Labute approximate surface area is 197 Å². The number of phenolic OH excluding ortho intramolecular Hbond substituents is 1. The zero-order chi connectivity index (χ0) is 24.5. The summed E-state index contributed by atoms with van der Waals surface area (Å²) in [5, 5.41) is 23.2. The summed E-state index contributed by atoms with van der Waals surface area (Å²) in [7, 11) is 1.19. The standard InChI is InChI=1S/C24H18ClF3N4O2/c1-32-21(24(26,27)28)9-19(31-32)18-6-7-20(34-13-14-2-4-17(25)5-3-14)22(23(18)33)16-8-15(10-29)11-30-12-16/h2-12,29,33H,13H2,1H3. The van der Waals surface area contributed by atoms with Crippen molar-refractivity contribution in [3.05, 3.63) is 82.8 Å². The summed E-state index contributed by atoms with van der Waals surface area (Å²) in [4.78, 5) is 4.09. The molecule has 174 valence electrons. The van der Waals surface area contributed by atoms with Gasteiger partial charge in [-0.3, -0.25) is 9.67 Å². The average molecular weight is 487 g/mol. The molecule has 2 N–H and O–H groups in total. The van der Waals surface area contributed by atoms with Gasteiger partial charge in [0.2, 0.25) is 0 Å². The largest absolute Gasteiger partial charge is 0.506 e. The van der Waals surface area contributed by atoms with E-state index in [9.17, 15) is 18.3 Å². The van der Waals surface area contributed by atoms with E-state index in [1.54, 1.807) is 36.4 Å². The van der Waals surface area contributed by atoms with E-state index in [0.29, 0.717) is 16.1 Å². The molecule has 0 unspecified atom stereocenters. The lowest BCUT2D eigenvalue weighted by Gasteiger charge is -2.16. The van der Waals surface area contributed by atoms with Crippen molar-refractivity contribution in [1.29, 1.82) is 5.41 Å². The third kappa shape index (κ3) is 4.74. The lowest BCUT2D eigenvalue weighted by Crippen LogP contribution is -2.11. The third-order valence-corrected chi connectivity index (χ3v) is 5.36. The first kappa shape index (κ1) is 23.3. The molecule has 2 heterocycles. The van der Waals surface area contributed by atoms with Gasteiger partial charge in [-0.25, -0.2) is 0 Å². The molecule has 6 nitrogen and oxygen atoms in total. The molecule has 0 aliphatic carbocycles. The highest BCUT2D eigenvalue weighted by molar-refractivity contribution is 6.30.